The van der Waals surface area contributed by atoms with Crippen molar-refractivity contribution in [3.05, 3.63) is 29.3 Å². The van der Waals surface area contributed by atoms with Crippen molar-refractivity contribution in [1.82, 2.24) is 0 Å². The van der Waals surface area contributed by atoms with Gasteiger partial charge < -0.3 is 14.4 Å². The van der Waals surface area contributed by atoms with Gasteiger partial charge in [-0.05, 0) is 38.5 Å². The Kier molecular flexibility index (Phi) is 5.36. The summed E-state index contributed by atoms with van der Waals surface area (Å²) in [6.45, 7) is 6.10. The molecule has 0 radical (unpaired) electrons. The van der Waals surface area contributed by atoms with E-state index < -0.39 is 11.9 Å². The number of benzene rings is 1. The van der Waals surface area contributed by atoms with Gasteiger partial charge in [0.15, 0.2) is 0 Å². The smallest absolute Gasteiger partial charge is 0.338 e. The maximum absolute atomic E-state index is 12.3. The molecular weight excluding hydrogens is 298 g/mol. The molecule has 0 unspecified atom stereocenters. The Labute approximate surface area is 135 Å². The molecule has 0 aromatic heterocycles. The molecule has 1 atom stereocenters. The third-order valence-electron chi connectivity index (χ3n) is 3.84. The standard InChI is InChI=1S/C17H21NO5/c1-4-22-16(20)12-9-15(19)18(10-12)14-8-6-7-13(11(14)3)17(21)23-5-2/h6-8,12H,4-5,9-10H2,1-3H3/t12-/m1/s1. The normalized spacial score (nSPS) is 17.3. The summed E-state index contributed by atoms with van der Waals surface area (Å²) in [5.74, 6) is -1.39. The number of carbonyl (C=O) groups excluding carboxylic acids is 3. The molecule has 0 aliphatic carbocycles. The first kappa shape index (κ1) is 17.0. The van der Waals surface area contributed by atoms with E-state index in [1.807, 2.05) is 0 Å². The van der Waals surface area contributed by atoms with Crippen molar-refractivity contribution in [1.29, 1.82) is 0 Å². The van der Waals surface area contributed by atoms with Crippen molar-refractivity contribution >= 4 is 23.5 Å². The zero-order valence-corrected chi connectivity index (χ0v) is 13.6. The van der Waals surface area contributed by atoms with Crippen LogP contribution in [0.4, 0.5) is 5.69 Å². The molecule has 1 amide bonds. The molecular formula is C17H21NO5. The highest BCUT2D eigenvalue weighted by Crippen LogP contribution is 2.30. The zero-order chi connectivity index (χ0) is 17.0. The first-order valence-electron chi connectivity index (χ1n) is 7.73. The Balaban J connectivity index is 2.25. The summed E-state index contributed by atoms with van der Waals surface area (Å²) >= 11 is 0. The van der Waals surface area contributed by atoms with Crippen LogP contribution in [-0.4, -0.2) is 37.6 Å². The second-order valence-electron chi connectivity index (χ2n) is 5.33. The summed E-state index contributed by atoms with van der Waals surface area (Å²) in [4.78, 5) is 37.6. The SMILES string of the molecule is CCOC(=O)c1cccc(N2C[C@H](C(=O)OCC)CC2=O)c1C. The minimum atomic E-state index is -0.465. The minimum Gasteiger partial charge on any atom is -0.466 e. The lowest BCUT2D eigenvalue weighted by molar-refractivity contribution is -0.147. The van der Waals surface area contributed by atoms with Gasteiger partial charge in [-0.25, -0.2) is 4.79 Å². The number of hydrogen-bond acceptors (Lipinski definition) is 5. The van der Waals surface area contributed by atoms with Crippen LogP contribution in [0.5, 0.6) is 0 Å². The second-order valence-corrected chi connectivity index (χ2v) is 5.33. The van der Waals surface area contributed by atoms with Gasteiger partial charge in [-0.2, -0.15) is 0 Å². The zero-order valence-electron chi connectivity index (χ0n) is 13.6. The summed E-state index contributed by atoms with van der Waals surface area (Å²) in [7, 11) is 0. The van der Waals surface area contributed by atoms with Crippen molar-refractivity contribution in [2.45, 2.75) is 27.2 Å². The van der Waals surface area contributed by atoms with Crippen molar-refractivity contribution in [3.63, 3.8) is 0 Å². The predicted octanol–water partition coefficient (Wildman–Crippen LogP) is 2.09. The molecule has 6 heteroatoms. The fourth-order valence-corrected chi connectivity index (χ4v) is 2.70. The van der Waals surface area contributed by atoms with Gasteiger partial charge in [0.05, 0.1) is 24.7 Å². The summed E-state index contributed by atoms with van der Waals surface area (Å²) in [6, 6.07) is 5.14. The Hall–Kier alpha value is -2.37. The van der Waals surface area contributed by atoms with Crippen molar-refractivity contribution in [2.24, 2.45) is 5.92 Å². The van der Waals surface area contributed by atoms with E-state index in [1.54, 1.807) is 43.9 Å². The van der Waals surface area contributed by atoms with Gasteiger partial charge in [-0.15, -0.1) is 0 Å². The van der Waals surface area contributed by atoms with Crippen LogP contribution in [-0.2, 0) is 19.1 Å². The minimum absolute atomic E-state index is 0.127. The highest BCUT2D eigenvalue weighted by atomic mass is 16.5. The summed E-state index contributed by atoms with van der Waals surface area (Å²) in [5.41, 5.74) is 1.73. The van der Waals surface area contributed by atoms with E-state index in [-0.39, 0.29) is 31.4 Å². The molecule has 0 saturated carbocycles. The van der Waals surface area contributed by atoms with Gasteiger partial charge in [0.25, 0.3) is 0 Å². The van der Waals surface area contributed by atoms with E-state index in [9.17, 15) is 14.4 Å². The van der Waals surface area contributed by atoms with E-state index in [2.05, 4.69) is 0 Å². The quantitative estimate of drug-likeness (QED) is 0.777. The number of amides is 1. The summed E-state index contributed by atoms with van der Waals surface area (Å²) in [5, 5.41) is 0. The number of anilines is 1. The summed E-state index contributed by atoms with van der Waals surface area (Å²) < 4.78 is 10.0. The Morgan fingerprint density at radius 3 is 2.57 bits per heavy atom. The molecule has 1 fully saturated rings. The lowest BCUT2D eigenvalue weighted by Crippen LogP contribution is -2.27. The van der Waals surface area contributed by atoms with Crippen LogP contribution in [0.1, 0.15) is 36.2 Å². The van der Waals surface area contributed by atoms with E-state index in [0.717, 1.165) is 0 Å². The first-order valence-corrected chi connectivity index (χ1v) is 7.73. The van der Waals surface area contributed by atoms with Crippen LogP contribution in [0.25, 0.3) is 0 Å². The third kappa shape index (κ3) is 3.52. The maximum Gasteiger partial charge on any atom is 0.338 e. The largest absolute Gasteiger partial charge is 0.466 e. The van der Waals surface area contributed by atoms with Gasteiger partial charge in [-0.3, -0.25) is 9.59 Å². The van der Waals surface area contributed by atoms with Crippen molar-refractivity contribution < 1.29 is 23.9 Å². The van der Waals surface area contributed by atoms with Crippen molar-refractivity contribution in [3.8, 4) is 0 Å². The number of hydrogen-bond donors (Lipinski definition) is 0. The van der Waals surface area contributed by atoms with E-state index >= 15 is 0 Å². The number of carbonyl (C=O) groups is 3. The van der Waals surface area contributed by atoms with Crippen molar-refractivity contribution in [2.75, 3.05) is 24.7 Å². The monoisotopic (exact) mass is 319 g/mol. The molecule has 23 heavy (non-hydrogen) atoms. The first-order chi connectivity index (χ1) is 11.0. The average Bonchev–Trinajstić information content (AvgIpc) is 2.90. The molecule has 2 rings (SSSR count). The van der Waals surface area contributed by atoms with Gasteiger partial charge in [0.2, 0.25) is 5.91 Å². The lowest BCUT2D eigenvalue weighted by atomic mass is 10.1. The fourth-order valence-electron chi connectivity index (χ4n) is 2.70. The second kappa shape index (κ2) is 7.26. The molecule has 124 valence electrons. The van der Waals surface area contributed by atoms with Gasteiger partial charge >= 0.3 is 11.9 Å². The molecule has 0 spiro atoms. The molecule has 1 aromatic carbocycles. The van der Waals surface area contributed by atoms with Crippen LogP contribution < -0.4 is 4.90 Å². The van der Waals surface area contributed by atoms with Crippen LogP contribution in [0.2, 0.25) is 0 Å². The van der Waals surface area contributed by atoms with Gasteiger partial charge in [-0.1, -0.05) is 6.07 Å². The van der Waals surface area contributed by atoms with Gasteiger partial charge in [0, 0.05) is 18.7 Å². The Morgan fingerprint density at radius 1 is 1.22 bits per heavy atom. The maximum atomic E-state index is 12.3. The molecule has 6 nitrogen and oxygen atoms in total. The Morgan fingerprint density at radius 2 is 1.91 bits per heavy atom. The van der Waals surface area contributed by atoms with Crippen LogP contribution >= 0.6 is 0 Å². The number of nitrogens with zero attached hydrogens (tertiary/aromatic N) is 1. The van der Waals surface area contributed by atoms with E-state index in [1.165, 1.54) is 0 Å². The fraction of sp³-hybridized carbons (Fsp3) is 0.471. The molecule has 1 saturated heterocycles. The number of ether oxygens (including phenoxy) is 2. The number of esters is 2. The topological polar surface area (TPSA) is 72.9 Å². The van der Waals surface area contributed by atoms with Crippen LogP contribution in [0.3, 0.4) is 0 Å². The molecule has 1 heterocycles. The molecule has 0 bridgehead atoms. The van der Waals surface area contributed by atoms with Crippen LogP contribution in [0, 0.1) is 12.8 Å². The third-order valence-corrected chi connectivity index (χ3v) is 3.84. The molecule has 1 aliphatic heterocycles. The highest BCUT2D eigenvalue weighted by molar-refractivity contribution is 6.02. The van der Waals surface area contributed by atoms with Crippen LogP contribution in [0.15, 0.2) is 18.2 Å². The van der Waals surface area contributed by atoms with E-state index in [4.69, 9.17) is 9.47 Å². The summed E-state index contributed by atoms with van der Waals surface area (Å²) in [6.07, 6.45) is 0.127. The highest BCUT2D eigenvalue weighted by Gasteiger charge is 2.37. The van der Waals surface area contributed by atoms with Gasteiger partial charge in [0.1, 0.15) is 0 Å². The average molecular weight is 319 g/mol. The Bertz CT molecular complexity index is 625. The number of rotatable bonds is 5. The van der Waals surface area contributed by atoms with E-state index in [0.29, 0.717) is 23.4 Å². The predicted molar refractivity (Wildman–Crippen MR) is 84.2 cm³/mol. The molecule has 1 aliphatic rings. The lowest BCUT2D eigenvalue weighted by Gasteiger charge is -2.20. The molecule has 1 aromatic rings. The molecule has 0 N–H and O–H groups in total.